The molecule has 0 saturated carbocycles. The molecule has 0 radical (unpaired) electrons. The number of hydrogen-bond donors (Lipinski definition) is 2. The minimum Gasteiger partial charge on any atom is -0.357 e. The summed E-state index contributed by atoms with van der Waals surface area (Å²) in [5.74, 6) is 0. The monoisotopic (exact) mass is 309 g/mol. The minimum absolute atomic E-state index is 0.827. The topological polar surface area (TPSA) is 37.0 Å². The quantitative estimate of drug-likeness (QED) is 0.914. The summed E-state index contributed by atoms with van der Waals surface area (Å²) >= 11 is 4.96. The lowest BCUT2D eigenvalue weighted by Crippen LogP contribution is -2.00. The summed E-state index contributed by atoms with van der Waals surface area (Å²) in [5, 5.41) is 9.62. The Bertz CT molecular complexity index is 538. The number of aromatic nitrogens is 1. The highest BCUT2D eigenvalue weighted by molar-refractivity contribution is 9.10. The van der Waals surface area contributed by atoms with Gasteiger partial charge in [0, 0.05) is 25.0 Å². The van der Waals surface area contributed by atoms with Crippen LogP contribution in [0.15, 0.2) is 28.2 Å². The van der Waals surface area contributed by atoms with E-state index in [-0.39, 0.29) is 0 Å². The number of rotatable bonds is 3. The van der Waals surface area contributed by atoms with Gasteiger partial charge in [0.25, 0.3) is 0 Å². The Morgan fingerprint density at radius 3 is 3.06 bits per heavy atom. The van der Waals surface area contributed by atoms with E-state index < -0.39 is 0 Å². The van der Waals surface area contributed by atoms with Gasteiger partial charge >= 0.3 is 0 Å². The number of nitrogens with one attached hydrogen (secondary N) is 2. The number of anilines is 1. The Balaban J connectivity index is 1.69. The van der Waals surface area contributed by atoms with Crippen molar-refractivity contribution in [1.82, 2.24) is 10.3 Å². The SMILES string of the molecule is Brc1csc(NCc2ccc3c(c2)CNC3)n1. The molecule has 3 nitrogen and oxygen atoms in total. The summed E-state index contributed by atoms with van der Waals surface area (Å²) in [6.07, 6.45) is 0. The molecule has 5 heteroatoms. The third-order valence-electron chi connectivity index (χ3n) is 2.82. The standard InChI is InChI=1S/C12H12BrN3S/c13-11-7-17-12(16-11)15-4-8-1-2-9-5-14-6-10(9)3-8/h1-3,7,14H,4-6H2,(H,15,16). The van der Waals surface area contributed by atoms with E-state index >= 15 is 0 Å². The maximum Gasteiger partial charge on any atom is 0.184 e. The van der Waals surface area contributed by atoms with Crippen LogP contribution in [0.25, 0.3) is 0 Å². The fourth-order valence-corrected chi connectivity index (χ4v) is 3.11. The third-order valence-corrected chi connectivity index (χ3v) is 4.33. The van der Waals surface area contributed by atoms with Crippen LogP contribution in [0, 0.1) is 0 Å². The molecular formula is C12H12BrN3S. The summed E-state index contributed by atoms with van der Waals surface area (Å²) in [7, 11) is 0. The Labute approximate surface area is 112 Å². The molecule has 2 heterocycles. The van der Waals surface area contributed by atoms with Gasteiger partial charge in [0.2, 0.25) is 0 Å². The smallest absolute Gasteiger partial charge is 0.184 e. The first-order valence-corrected chi connectivity index (χ1v) is 7.15. The summed E-state index contributed by atoms with van der Waals surface area (Å²) < 4.78 is 0.892. The number of hydrogen-bond acceptors (Lipinski definition) is 4. The van der Waals surface area contributed by atoms with Crippen LogP contribution in [0.1, 0.15) is 16.7 Å². The molecule has 0 saturated heterocycles. The average molecular weight is 310 g/mol. The summed E-state index contributed by atoms with van der Waals surface area (Å²) in [6.45, 7) is 2.82. The largest absolute Gasteiger partial charge is 0.357 e. The highest BCUT2D eigenvalue weighted by Gasteiger charge is 2.09. The molecule has 1 aromatic heterocycles. The number of fused-ring (bicyclic) bond motifs is 1. The molecule has 88 valence electrons. The molecule has 0 aliphatic carbocycles. The van der Waals surface area contributed by atoms with Crippen molar-refractivity contribution in [2.45, 2.75) is 19.6 Å². The second-order valence-corrected chi connectivity index (χ2v) is 5.71. The van der Waals surface area contributed by atoms with Gasteiger partial charge in [-0.05, 0) is 32.6 Å². The van der Waals surface area contributed by atoms with E-state index in [0.717, 1.165) is 29.4 Å². The Hall–Kier alpha value is -0.910. The zero-order valence-electron chi connectivity index (χ0n) is 9.16. The fourth-order valence-electron chi connectivity index (χ4n) is 1.97. The number of halogens is 1. The molecule has 1 aliphatic heterocycles. The van der Waals surface area contributed by atoms with Crippen LogP contribution in [0.5, 0.6) is 0 Å². The van der Waals surface area contributed by atoms with Gasteiger partial charge in [-0.25, -0.2) is 4.98 Å². The minimum atomic E-state index is 0.827. The molecule has 1 aliphatic rings. The van der Waals surface area contributed by atoms with Crippen molar-refractivity contribution in [3.8, 4) is 0 Å². The normalized spacial score (nSPS) is 13.7. The second kappa shape index (κ2) is 4.76. The molecule has 17 heavy (non-hydrogen) atoms. The van der Waals surface area contributed by atoms with Gasteiger partial charge in [-0.3, -0.25) is 0 Å². The van der Waals surface area contributed by atoms with E-state index in [1.54, 1.807) is 11.3 Å². The Morgan fingerprint density at radius 1 is 1.35 bits per heavy atom. The maximum absolute atomic E-state index is 4.31. The van der Waals surface area contributed by atoms with E-state index in [2.05, 4.69) is 49.7 Å². The lowest BCUT2D eigenvalue weighted by Gasteiger charge is -2.05. The first-order chi connectivity index (χ1) is 8.31. The zero-order chi connectivity index (χ0) is 11.7. The highest BCUT2D eigenvalue weighted by atomic mass is 79.9. The number of thiazole rings is 1. The molecule has 2 aromatic rings. The zero-order valence-corrected chi connectivity index (χ0v) is 11.6. The van der Waals surface area contributed by atoms with E-state index in [4.69, 9.17) is 0 Å². The summed E-state index contributed by atoms with van der Waals surface area (Å²) in [6, 6.07) is 6.66. The predicted octanol–water partition coefficient (Wildman–Crippen LogP) is 3.12. The first-order valence-electron chi connectivity index (χ1n) is 5.47. The van der Waals surface area contributed by atoms with Gasteiger partial charge in [0.15, 0.2) is 5.13 Å². The highest BCUT2D eigenvalue weighted by Crippen LogP contribution is 2.21. The van der Waals surface area contributed by atoms with Crippen molar-refractivity contribution in [3.63, 3.8) is 0 Å². The Kier molecular flexibility index (Phi) is 3.13. The van der Waals surface area contributed by atoms with Gasteiger partial charge in [0.1, 0.15) is 4.60 Å². The van der Waals surface area contributed by atoms with E-state index in [9.17, 15) is 0 Å². The molecule has 0 bridgehead atoms. The molecule has 0 fully saturated rings. The van der Waals surface area contributed by atoms with Crippen LogP contribution < -0.4 is 10.6 Å². The fraction of sp³-hybridized carbons (Fsp3) is 0.250. The molecule has 0 amide bonds. The van der Waals surface area contributed by atoms with Gasteiger partial charge in [-0.1, -0.05) is 18.2 Å². The lowest BCUT2D eigenvalue weighted by molar-refractivity contribution is 0.764. The van der Waals surface area contributed by atoms with E-state index in [1.807, 2.05) is 5.38 Å². The summed E-state index contributed by atoms with van der Waals surface area (Å²) in [5.41, 5.74) is 4.15. The maximum atomic E-state index is 4.31. The molecule has 1 aromatic carbocycles. The molecule has 3 rings (SSSR count). The van der Waals surface area contributed by atoms with Crippen molar-refractivity contribution >= 4 is 32.4 Å². The van der Waals surface area contributed by atoms with Crippen LogP contribution in [-0.2, 0) is 19.6 Å². The van der Waals surface area contributed by atoms with Crippen LogP contribution in [0.4, 0.5) is 5.13 Å². The predicted molar refractivity (Wildman–Crippen MR) is 74.1 cm³/mol. The van der Waals surface area contributed by atoms with E-state index in [0.29, 0.717) is 0 Å². The van der Waals surface area contributed by atoms with E-state index in [1.165, 1.54) is 16.7 Å². The van der Waals surface area contributed by atoms with Crippen molar-refractivity contribution in [2.24, 2.45) is 0 Å². The molecule has 0 unspecified atom stereocenters. The first kappa shape index (κ1) is 11.2. The van der Waals surface area contributed by atoms with Crippen LogP contribution >= 0.6 is 27.3 Å². The molecular weight excluding hydrogens is 298 g/mol. The van der Waals surface area contributed by atoms with Gasteiger partial charge in [0.05, 0.1) is 0 Å². The average Bonchev–Trinajstić information content (AvgIpc) is 2.94. The number of benzene rings is 1. The third kappa shape index (κ3) is 2.51. The molecule has 0 spiro atoms. The van der Waals surface area contributed by atoms with Crippen LogP contribution in [-0.4, -0.2) is 4.98 Å². The molecule has 2 N–H and O–H groups in total. The van der Waals surface area contributed by atoms with Gasteiger partial charge in [-0.15, -0.1) is 11.3 Å². The second-order valence-electron chi connectivity index (χ2n) is 4.04. The molecule has 0 atom stereocenters. The lowest BCUT2D eigenvalue weighted by atomic mass is 10.1. The van der Waals surface area contributed by atoms with Crippen LogP contribution in [0.2, 0.25) is 0 Å². The van der Waals surface area contributed by atoms with Crippen molar-refractivity contribution in [1.29, 1.82) is 0 Å². The van der Waals surface area contributed by atoms with Crippen LogP contribution in [0.3, 0.4) is 0 Å². The van der Waals surface area contributed by atoms with Gasteiger partial charge < -0.3 is 10.6 Å². The van der Waals surface area contributed by atoms with Crippen molar-refractivity contribution in [3.05, 3.63) is 44.9 Å². The van der Waals surface area contributed by atoms with Crippen molar-refractivity contribution < 1.29 is 0 Å². The van der Waals surface area contributed by atoms with Gasteiger partial charge in [-0.2, -0.15) is 0 Å². The Morgan fingerprint density at radius 2 is 2.24 bits per heavy atom. The van der Waals surface area contributed by atoms with Crippen molar-refractivity contribution in [2.75, 3.05) is 5.32 Å². The summed E-state index contributed by atoms with van der Waals surface area (Å²) in [4.78, 5) is 4.31. The number of nitrogens with zero attached hydrogens (tertiary/aromatic N) is 1.